The lowest BCUT2D eigenvalue weighted by Crippen LogP contribution is -2.41. The Bertz CT molecular complexity index is 775. The van der Waals surface area contributed by atoms with Gasteiger partial charge >= 0.3 is 5.69 Å². The van der Waals surface area contributed by atoms with Gasteiger partial charge in [-0.05, 0) is 25.3 Å². The Morgan fingerprint density at radius 1 is 1.15 bits per heavy atom. The van der Waals surface area contributed by atoms with E-state index >= 15 is 0 Å². The summed E-state index contributed by atoms with van der Waals surface area (Å²) in [4.78, 5) is 27.1. The molecule has 0 unspecified atom stereocenters. The van der Waals surface area contributed by atoms with Crippen molar-refractivity contribution >= 4 is 23.2 Å². The van der Waals surface area contributed by atoms with Gasteiger partial charge in [-0.25, -0.2) is 4.79 Å². The van der Waals surface area contributed by atoms with E-state index in [0.717, 1.165) is 19.3 Å². The largest absolute Gasteiger partial charge is 0.329 e. The zero-order chi connectivity index (χ0) is 14.3. The van der Waals surface area contributed by atoms with Crippen LogP contribution in [-0.2, 0) is 0 Å². The lowest BCUT2D eigenvalue weighted by molar-refractivity contribution is 0.297. The average Bonchev–Trinajstić information content (AvgIpc) is 2.34. The maximum Gasteiger partial charge on any atom is 0.329 e. The highest BCUT2D eigenvalue weighted by molar-refractivity contribution is 6.35. The minimum atomic E-state index is -0.458. The third kappa shape index (κ3) is 2.09. The summed E-state index contributed by atoms with van der Waals surface area (Å²) in [5.74, 6) is 0. The first-order chi connectivity index (χ1) is 9.59. The minimum absolute atomic E-state index is 0.0312. The topological polar surface area (TPSA) is 54.9 Å². The van der Waals surface area contributed by atoms with Gasteiger partial charge in [-0.3, -0.25) is 14.3 Å². The number of halogens is 2. The lowest BCUT2D eigenvalue weighted by Gasteiger charge is -2.27. The van der Waals surface area contributed by atoms with Crippen LogP contribution in [0.15, 0.2) is 33.9 Å². The highest BCUT2D eigenvalue weighted by Crippen LogP contribution is 2.32. The lowest BCUT2D eigenvalue weighted by atomic mass is 9.92. The Hall–Kier alpha value is -1.52. The van der Waals surface area contributed by atoms with Crippen molar-refractivity contribution in [1.82, 2.24) is 9.55 Å². The summed E-state index contributed by atoms with van der Waals surface area (Å²) in [7, 11) is 0. The predicted octanol–water partition coefficient (Wildman–Crippen LogP) is 3.24. The molecular formula is C14H12Cl2N2O2. The second kappa shape index (κ2) is 5.11. The second-order valence-electron chi connectivity index (χ2n) is 4.86. The van der Waals surface area contributed by atoms with Gasteiger partial charge in [-0.1, -0.05) is 41.4 Å². The molecule has 1 heterocycles. The SMILES string of the molecule is O=c1[nH]c(Cl)c(-c2ccccc2Cl)c(=O)n1C1CCC1. The minimum Gasteiger partial charge on any atom is -0.297 e. The van der Waals surface area contributed by atoms with E-state index in [2.05, 4.69) is 4.98 Å². The molecule has 1 saturated carbocycles. The number of hydrogen-bond acceptors (Lipinski definition) is 2. The molecule has 4 nitrogen and oxygen atoms in total. The molecule has 0 bridgehead atoms. The molecule has 2 aromatic rings. The predicted molar refractivity (Wildman–Crippen MR) is 79.7 cm³/mol. The van der Waals surface area contributed by atoms with Gasteiger partial charge in [0.2, 0.25) is 0 Å². The second-order valence-corrected chi connectivity index (χ2v) is 5.64. The van der Waals surface area contributed by atoms with Crippen molar-refractivity contribution in [3.05, 3.63) is 55.3 Å². The first kappa shape index (κ1) is 13.5. The summed E-state index contributed by atoms with van der Waals surface area (Å²) in [5, 5.41) is 0.461. The summed E-state index contributed by atoms with van der Waals surface area (Å²) in [5.41, 5.74) is -0.0469. The third-order valence-electron chi connectivity index (χ3n) is 3.67. The van der Waals surface area contributed by atoms with Crippen LogP contribution in [0.25, 0.3) is 11.1 Å². The standard InChI is InChI=1S/C14H12Cl2N2O2/c15-10-7-2-1-6-9(10)11-12(16)17-14(20)18(13(11)19)8-4-3-5-8/h1-2,6-8H,3-5H2,(H,17,20). The molecule has 1 aliphatic rings. The molecule has 6 heteroatoms. The Morgan fingerprint density at radius 2 is 1.85 bits per heavy atom. The number of nitrogens with zero attached hydrogens (tertiary/aromatic N) is 1. The maximum absolute atomic E-state index is 12.6. The quantitative estimate of drug-likeness (QED) is 0.866. The zero-order valence-corrected chi connectivity index (χ0v) is 12.0. The first-order valence-electron chi connectivity index (χ1n) is 6.39. The molecule has 0 atom stereocenters. The molecule has 1 aliphatic carbocycles. The molecule has 0 amide bonds. The molecule has 0 spiro atoms. The van der Waals surface area contributed by atoms with Crippen LogP contribution in [-0.4, -0.2) is 9.55 Å². The number of aromatic nitrogens is 2. The number of H-pyrrole nitrogens is 1. The van der Waals surface area contributed by atoms with Crippen molar-refractivity contribution in [3.8, 4) is 11.1 Å². The van der Waals surface area contributed by atoms with Crippen LogP contribution >= 0.6 is 23.2 Å². The van der Waals surface area contributed by atoms with E-state index in [0.29, 0.717) is 10.6 Å². The molecule has 0 aliphatic heterocycles. The van der Waals surface area contributed by atoms with Gasteiger partial charge in [0.15, 0.2) is 0 Å². The van der Waals surface area contributed by atoms with Gasteiger partial charge < -0.3 is 0 Å². The summed E-state index contributed by atoms with van der Waals surface area (Å²) in [6.07, 6.45) is 2.71. The Balaban J connectivity index is 2.29. The highest BCUT2D eigenvalue weighted by Gasteiger charge is 2.25. The average molecular weight is 311 g/mol. The monoisotopic (exact) mass is 310 g/mol. The van der Waals surface area contributed by atoms with Crippen molar-refractivity contribution < 1.29 is 0 Å². The first-order valence-corrected chi connectivity index (χ1v) is 7.14. The van der Waals surface area contributed by atoms with E-state index in [4.69, 9.17) is 23.2 Å². The van der Waals surface area contributed by atoms with Crippen molar-refractivity contribution in [2.75, 3.05) is 0 Å². The molecule has 104 valence electrons. The van der Waals surface area contributed by atoms with E-state index in [9.17, 15) is 9.59 Å². The normalized spacial score (nSPS) is 15.1. The molecule has 1 fully saturated rings. The van der Waals surface area contributed by atoms with Gasteiger partial charge in [-0.15, -0.1) is 0 Å². The van der Waals surface area contributed by atoms with Crippen LogP contribution in [0.1, 0.15) is 25.3 Å². The van der Waals surface area contributed by atoms with Gasteiger partial charge in [0.1, 0.15) is 5.15 Å². The smallest absolute Gasteiger partial charge is 0.297 e. The summed E-state index contributed by atoms with van der Waals surface area (Å²) < 4.78 is 1.26. The van der Waals surface area contributed by atoms with Crippen LogP contribution in [0.3, 0.4) is 0 Å². The van der Waals surface area contributed by atoms with Crippen LogP contribution in [0.5, 0.6) is 0 Å². The van der Waals surface area contributed by atoms with Crippen LogP contribution in [0, 0.1) is 0 Å². The molecule has 1 N–H and O–H groups in total. The fourth-order valence-electron chi connectivity index (χ4n) is 2.40. The Morgan fingerprint density at radius 3 is 2.45 bits per heavy atom. The van der Waals surface area contributed by atoms with Crippen LogP contribution in [0.2, 0.25) is 10.2 Å². The van der Waals surface area contributed by atoms with Gasteiger partial charge in [0.25, 0.3) is 5.56 Å². The molecule has 1 aromatic heterocycles. The summed E-state index contributed by atoms with van der Waals surface area (Å²) in [6.45, 7) is 0. The molecular weight excluding hydrogens is 299 g/mol. The third-order valence-corrected chi connectivity index (χ3v) is 4.28. The number of benzene rings is 1. The number of rotatable bonds is 2. The van der Waals surface area contributed by atoms with E-state index in [1.807, 2.05) is 0 Å². The van der Waals surface area contributed by atoms with Crippen molar-refractivity contribution in [1.29, 1.82) is 0 Å². The number of aromatic amines is 1. The molecule has 20 heavy (non-hydrogen) atoms. The van der Waals surface area contributed by atoms with Crippen LogP contribution in [0.4, 0.5) is 0 Å². The van der Waals surface area contributed by atoms with Gasteiger partial charge in [0, 0.05) is 16.6 Å². The van der Waals surface area contributed by atoms with Crippen molar-refractivity contribution in [3.63, 3.8) is 0 Å². The molecule has 3 rings (SSSR count). The molecule has 0 radical (unpaired) electrons. The summed E-state index contributed by atoms with van der Waals surface area (Å²) >= 11 is 12.2. The molecule has 1 aromatic carbocycles. The Labute approximate surface area is 125 Å². The van der Waals surface area contributed by atoms with Gasteiger partial charge in [0.05, 0.1) is 5.56 Å². The zero-order valence-electron chi connectivity index (χ0n) is 10.5. The fourth-order valence-corrected chi connectivity index (χ4v) is 2.89. The van der Waals surface area contributed by atoms with E-state index in [1.165, 1.54) is 4.57 Å². The Kier molecular flexibility index (Phi) is 3.44. The number of nitrogens with one attached hydrogen (secondary N) is 1. The molecule has 0 saturated heterocycles. The fraction of sp³-hybridized carbons (Fsp3) is 0.286. The van der Waals surface area contributed by atoms with Crippen LogP contribution < -0.4 is 11.2 Å². The number of hydrogen-bond donors (Lipinski definition) is 1. The van der Waals surface area contributed by atoms with Gasteiger partial charge in [-0.2, -0.15) is 0 Å². The highest BCUT2D eigenvalue weighted by atomic mass is 35.5. The summed E-state index contributed by atoms with van der Waals surface area (Å²) in [6, 6.07) is 6.91. The van der Waals surface area contributed by atoms with Crippen molar-refractivity contribution in [2.45, 2.75) is 25.3 Å². The van der Waals surface area contributed by atoms with Crippen molar-refractivity contribution in [2.24, 2.45) is 0 Å². The van der Waals surface area contributed by atoms with E-state index in [-0.39, 0.29) is 22.3 Å². The van der Waals surface area contributed by atoms with E-state index in [1.54, 1.807) is 24.3 Å². The van der Waals surface area contributed by atoms with E-state index < -0.39 is 5.69 Å². The maximum atomic E-state index is 12.6.